The molecule has 0 unspecified atom stereocenters. The molecule has 0 aliphatic carbocycles. The van der Waals surface area contributed by atoms with Gasteiger partial charge in [0.2, 0.25) is 5.28 Å². The average Bonchev–Trinajstić information content (AvgIpc) is 2.22. The summed E-state index contributed by atoms with van der Waals surface area (Å²) in [5, 5.41) is 0.338. The molecule has 0 bridgehead atoms. The van der Waals surface area contributed by atoms with Crippen molar-refractivity contribution >= 4 is 17.4 Å². The van der Waals surface area contributed by atoms with E-state index in [1.54, 1.807) is 6.20 Å². The lowest BCUT2D eigenvalue weighted by molar-refractivity contribution is 0.279. The van der Waals surface area contributed by atoms with E-state index in [0.29, 0.717) is 10.7 Å². The SMILES string of the molecule is Cc1cnc(Cl)nc1N1CCC(C)(C)CC1. The smallest absolute Gasteiger partial charge is 0.224 e. The number of rotatable bonds is 1. The van der Waals surface area contributed by atoms with Crippen LogP contribution in [0.4, 0.5) is 5.82 Å². The van der Waals surface area contributed by atoms with E-state index in [9.17, 15) is 0 Å². The van der Waals surface area contributed by atoms with Gasteiger partial charge in [-0.1, -0.05) is 13.8 Å². The Bertz CT molecular complexity index is 380. The number of hydrogen-bond acceptors (Lipinski definition) is 3. The van der Waals surface area contributed by atoms with Crippen LogP contribution in [-0.4, -0.2) is 23.1 Å². The van der Waals surface area contributed by atoms with Crippen molar-refractivity contribution in [2.75, 3.05) is 18.0 Å². The Kier molecular flexibility index (Phi) is 3.06. The van der Waals surface area contributed by atoms with Crippen LogP contribution in [0.25, 0.3) is 0 Å². The molecular weight excluding hydrogens is 222 g/mol. The van der Waals surface area contributed by atoms with Gasteiger partial charge >= 0.3 is 0 Å². The fourth-order valence-electron chi connectivity index (χ4n) is 2.06. The Morgan fingerprint density at radius 1 is 1.31 bits per heavy atom. The molecule has 0 N–H and O–H groups in total. The zero-order valence-electron chi connectivity index (χ0n) is 10.1. The zero-order valence-corrected chi connectivity index (χ0v) is 10.9. The quantitative estimate of drug-likeness (QED) is 0.706. The molecule has 1 aliphatic rings. The van der Waals surface area contributed by atoms with E-state index in [1.165, 1.54) is 12.8 Å². The summed E-state index contributed by atoms with van der Waals surface area (Å²) >= 11 is 5.84. The van der Waals surface area contributed by atoms with E-state index >= 15 is 0 Å². The van der Waals surface area contributed by atoms with Crippen molar-refractivity contribution in [1.29, 1.82) is 0 Å². The van der Waals surface area contributed by atoms with Gasteiger partial charge in [0, 0.05) is 24.8 Å². The second kappa shape index (κ2) is 4.21. The molecular formula is C12H18ClN3. The third kappa shape index (κ3) is 2.46. The van der Waals surface area contributed by atoms with Crippen LogP contribution < -0.4 is 4.90 Å². The maximum atomic E-state index is 5.84. The summed E-state index contributed by atoms with van der Waals surface area (Å²) in [5.41, 5.74) is 1.56. The van der Waals surface area contributed by atoms with Gasteiger partial charge in [0.1, 0.15) is 5.82 Å². The minimum atomic E-state index is 0.338. The van der Waals surface area contributed by atoms with E-state index in [4.69, 9.17) is 11.6 Å². The molecule has 2 heterocycles. The van der Waals surface area contributed by atoms with Crippen LogP contribution in [0.2, 0.25) is 5.28 Å². The lowest BCUT2D eigenvalue weighted by Gasteiger charge is -2.38. The van der Waals surface area contributed by atoms with Crippen LogP contribution >= 0.6 is 11.6 Å². The van der Waals surface area contributed by atoms with Crippen LogP contribution in [0.15, 0.2) is 6.20 Å². The Labute approximate surface area is 102 Å². The molecule has 1 aromatic rings. The molecule has 3 nitrogen and oxygen atoms in total. The van der Waals surface area contributed by atoms with Gasteiger partial charge < -0.3 is 4.90 Å². The highest BCUT2D eigenvalue weighted by Gasteiger charge is 2.26. The van der Waals surface area contributed by atoms with Crippen LogP contribution in [-0.2, 0) is 0 Å². The van der Waals surface area contributed by atoms with Crippen molar-refractivity contribution in [2.24, 2.45) is 5.41 Å². The van der Waals surface area contributed by atoms with Crippen LogP contribution in [0.5, 0.6) is 0 Å². The average molecular weight is 240 g/mol. The number of aromatic nitrogens is 2. The van der Waals surface area contributed by atoms with Gasteiger partial charge in [-0.3, -0.25) is 0 Å². The predicted molar refractivity (Wildman–Crippen MR) is 67.0 cm³/mol. The molecule has 88 valence electrons. The highest BCUT2D eigenvalue weighted by Crippen LogP contribution is 2.32. The standard InChI is InChI=1S/C12H18ClN3/c1-9-8-14-11(13)15-10(9)16-6-4-12(2,3)5-7-16/h8H,4-7H2,1-3H3. The van der Waals surface area contributed by atoms with E-state index in [-0.39, 0.29) is 0 Å². The maximum Gasteiger partial charge on any atom is 0.224 e. The molecule has 0 aromatic carbocycles. The van der Waals surface area contributed by atoms with Crippen molar-refractivity contribution in [1.82, 2.24) is 9.97 Å². The largest absolute Gasteiger partial charge is 0.356 e. The van der Waals surface area contributed by atoms with E-state index in [2.05, 4.69) is 28.7 Å². The Morgan fingerprint density at radius 3 is 2.56 bits per heavy atom. The molecule has 0 spiro atoms. The van der Waals surface area contributed by atoms with Gasteiger partial charge in [0.05, 0.1) is 0 Å². The zero-order chi connectivity index (χ0) is 11.8. The van der Waals surface area contributed by atoms with Crippen LogP contribution in [0.3, 0.4) is 0 Å². The van der Waals surface area contributed by atoms with E-state index in [1.807, 2.05) is 6.92 Å². The summed E-state index contributed by atoms with van der Waals surface area (Å²) in [5.74, 6) is 0.996. The molecule has 1 aliphatic heterocycles. The molecule has 0 amide bonds. The Hall–Kier alpha value is -0.830. The van der Waals surface area contributed by atoms with Gasteiger partial charge in [0.25, 0.3) is 0 Å². The molecule has 0 atom stereocenters. The summed E-state index contributed by atoms with van der Waals surface area (Å²) in [4.78, 5) is 10.6. The molecule has 16 heavy (non-hydrogen) atoms. The summed E-state index contributed by atoms with van der Waals surface area (Å²) in [7, 11) is 0. The van der Waals surface area contributed by atoms with Crippen molar-refractivity contribution in [2.45, 2.75) is 33.6 Å². The minimum absolute atomic E-state index is 0.338. The number of halogens is 1. The van der Waals surface area contributed by atoms with Gasteiger partial charge in [0.15, 0.2) is 0 Å². The van der Waals surface area contributed by atoms with Gasteiger partial charge in [-0.05, 0) is 36.8 Å². The van der Waals surface area contributed by atoms with Crippen molar-refractivity contribution in [3.05, 3.63) is 17.0 Å². The second-order valence-electron chi connectivity index (χ2n) is 5.30. The first kappa shape index (κ1) is 11.6. The molecule has 4 heteroatoms. The summed E-state index contributed by atoms with van der Waals surface area (Å²) in [6.07, 6.45) is 4.20. The lowest BCUT2D eigenvalue weighted by Crippen LogP contribution is -2.38. The van der Waals surface area contributed by atoms with Crippen molar-refractivity contribution < 1.29 is 0 Å². The van der Waals surface area contributed by atoms with Gasteiger partial charge in [-0.25, -0.2) is 9.97 Å². The topological polar surface area (TPSA) is 29.0 Å². The first-order valence-corrected chi connectivity index (χ1v) is 6.10. The third-order valence-corrected chi connectivity index (χ3v) is 3.51. The Balaban J connectivity index is 2.17. The number of aryl methyl sites for hydroxylation is 1. The first-order chi connectivity index (χ1) is 7.48. The van der Waals surface area contributed by atoms with Crippen molar-refractivity contribution in [3.63, 3.8) is 0 Å². The number of hydrogen-bond donors (Lipinski definition) is 0. The monoisotopic (exact) mass is 239 g/mol. The molecule has 0 saturated carbocycles. The normalized spacial score (nSPS) is 19.9. The first-order valence-electron chi connectivity index (χ1n) is 5.72. The fraction of sp³-hybridized carbons (Fsp3) is 0.667. The molecule has 1 aromatic heterocycles. The van der Waals surface area contributed by atoms with E-state index in [0.717, 1.165) is 24.5 Å². The summed E-state index contributed by atoms with van der Waals surface area (Å²) in [6, 6.07) is 0. The number of piperidine rings is 1. The van der Waals surface area contributed by atoms with E-state index < -0.39 is 0 Å². The highest BCUT2D eigenvalue weighted by molar-refractivity contribution is 6.28. The molecule has 2 rings (SSSR count). The fourth-order valence-corrected chi connectivity index (χ4v) is 2.19. The molecule has 1 saturated heterocycles. The predicted octanol–water partition coefficient (Wildman–Crippen LogP) is 3.06. The highest BCUT2D eigenvalue weighted by atomic mass is 35.5. The molecule has 1 fully saturated rings. The Morgan fingerprint density at radius 2 is 1.94 bits per heavy atom. The van der Waals surface area contributed by atoms with Gasteiger partial charge in [-0.15, -0.1) is 0 Å². The maximum absolute atomic E-state index is 5.84. The minimum Gasteiger partial charge on any atom is -0.356 e. The number of nitrogens with zero attached hydrogens (tertiary/aromatic N) is 3. The van der Waals surface area contributed by atoms with Crippen LogP contribution in [0.1, 0.15) is 32.3 Å². The number of anilines is 1. The van der Waals surface area contributed by atoms with Gasteiger partial charge in [-0.2, -0.15) is 0 Å². The van der Waals surface area contributed by atoms with Crippen molar-refractivity contribution in [3.8, 4) is 0 Å². The molecule has 0 radical (unpaired) electrons. The third-order valence-electron chi connectivity index (χ3n) is 3.33. The summed E-state index contributed by atoms with van der Waals surface area (Å²) in [6.45, 7) is 8.79. The lowest BCUT2D eigenvalue weighted by atomic mass is 9.82. The second-order valence-corrected chi connectivity index (χ2v) is 5.63. The van der Waals surface area contributed by atoms with Crippen LogP contribution in [0, 0.1) is 12.3 Å². The summed E-state index contributed by atoms with van der Waals surface area (Å²) < 4.78 is 0.